The van der Waals surface area contributed by atoms with Crippen molar-refractivity contribution in [3.05, 3.63) is 89.7 Å². The van der Waals surface area contributed by atoms with Crippen molar-refractivity contribution < 1.29 is 27.8 Å². The van der Waals surface area contributed by atoms with E-state index in [2.05, 4.69) is 5.32 Å². The van der Waals surface area contributed by atoms with Crippen molar-refractivity contribution in [2.45, 2.75) is 38.8 Å². The van der Waals surface area contributed by atoms with Gasteiger partial charge in [0.25, 0.3) is 0 Å². The number of benzene rings is 2. The fourth-order valence-electron chi connectivity index (χ4n) is 4.11. The van der Waals surface area contributed by atoms with Gasteiger partial charge in [0.1, 0.15) is 12.3 Å². The van der Waals surface area contributed by atoms with E-state index >= 15 is 0 Å². The molecule has 2 aromatic carbocycles. The monoisotopic (exact) mass is 500 g/mol. The van der Waals surface area contributed by atoms with Gasteiger partial charge in [0.15, 0.2) is 0 Å². The molecule has 1 atom stereocenters. The van der Waals surface area contributed by atoms with Gasteiger partial charge in [0, 0.05) is 35.6 Å². The van der Waals surface area contributed by atoms with Crippen LogP contribution in [0.2, 0.25) is 0 Å². The zero-order valence-electron chi connectivity index (χ0n) is 20.4. The number of carboxylic acid groups (broad SMARTS) is 1. The molecule has 0 spiro atoms. The molecule has 0 aromatic heterocycles. The summed E-state index contributed by atoms with van der Waals surface area (Å²) in [5.74, 6) is -0.490. The number of carboxylic acids is 1. The van der Waals surface area contributed by atoms with Crippen molar-refractivity contribution in [3.8, 4) is 5.75 Å². The number of nitrogens with zero attached hydrogens (tertiary/aromatic N) is 1. The summed E-state index contributed by atoms with van der Waals surface area (Å²) in [5, 5.41) is 12.9. The van der Waals surface area contributed by atoms with Crippen LogP contribution in [-0.4, -0.2) is 36.9 Å². The largest absolute Gasteiger partial charge is 0.493 e. The fraction of sp³-hybridized carbons (Fsp3) is 0.321. The third-order valence-corrected chi connectivity index (χ3v) is 5.79. The molecule has 8 heteroatoms. The first-order valence-electron chi connectivity index (χ1n) is 11.9. The lowest BCUT2D eigenvalue weighted by Crippen LogP contribution is -2.31. The number of carbonyl (C=O) groups is 1. The second-order valence-corrected chi connectivity index (χ2v) is 8.42. The van der Waals surface area contributed by atoms with E-state index < -0.39 is 18.7 Å². The number of hydrogen-bond donors (Lipinski definition) is 2. The summed E-state index contributed by atoms with van der Waals surface area (Å²) < 4.78 is 46.0. The Morgan fingerprint density at radius 3 is 2.56 bits per heavy atom. The second-order valence-electron chi connectivity index (χ2n) is 8.42. The van der Waals surface area contributed by atoms with Crippen molar-refractivity contribution in [2.75, 3.05) is 24.6 Å². The number of aliphatic carboxylic acids is 1. The molecule has 0 bridgehead atoms. The van der Waals surface area contributed by atoms with Crippen LogP contribution in [0.15, 0.2) is 84.1 Å². The molecule has 0 fully saturated rings. The molecule has 0 saturated carbocycles. The van der Waals surface area contributed by atoms with Crippen LogP contribution < -0.4 is 15.0 Å². The molecule has 2 aromatic rings. The SMILES string of the molecule is C\C=C/C(C(=O)O)=C(\C=C\CC)NCC1CCOc2cc(N(CC(F)(F)F)c3ccccc3)ccc21. The first-order valence-corrected chi connectivity index (χ1v) is 11.9. The van der Waals surface area contributed by atoms with Crippen LogP contribution in [-0.2, 0) is 4.79 Å². The van der Waals surface area contributed by atoms with Gasteiger partial charge < -0.3 is 20.1 Å². The summed E-state index contributed by atoms with van der Waals surface area (Å²) in [4.78, 5) is 13.0. The smallest absolute Gasteiger partial charge is 0.406 e. The first-order chi connectivity index (χ1) is 17.2. The van der Waals surface area contributed by atoms with Crippen LogP contribution in [0.25, 0.3) is 0 Å². The van der Waals surface area contributed by atoms with Crippen molar-refractivity contribution in [2.24, 2.45) is 0 Å². The fourth-order valence-corrected chi connectivity index (χ4v) is 4.11. The van der Waals surface area contributed by atoms with Crippen molar-refractivity contribution >= 4 is 17.3 Å². The number of halogens is 3. The van der Waals surface area contributed by atoms with E-state index in [4.69, 9.17) is 4.74 Å². The molecular formula is C28H31F3N2O3. The standard InChI is InChI=1S/C28H31F3N2O3/c1-3-5-12-25(24(9-4-2)27(34)35)32-18-20-15-16-36-26-17-22(13-14-23(20)26)33(19-28(29,30)31)21-10-7-6-8-11-21/h4-14,17,20,32H,3,15-16,18-19H2,1-2H3,(H,34,35)/b9-4-,12-5+,25-24-. The average Bonchev–Trinajstić information content (AvgIpc) is 2.86. The number of ether oxygens (including phenoxy) is 1. The third kappa shape index (κ3) is 7.16. The van der Waals surface area contributed by atoms with Gasteiger partial charge in [0.2, 0.25) is 0 Å². The van der Waals surface area contributed by atoms with Crippen LogP contribution in [0.1, 0.15) is 38.2 Å². The molecule has 2 N–H and O–H groups in total. The van der Waals surface area contributed by atoms with E-state index in [1.165, 1.54) is 4.90 Å². The normalized spacial score (nSPS) is 16.4. The zero-order valence-corrected chi connectivity index (χ0v) is 20.4. The molecule has 36 heavy (non-hydrogen) atoms. The maximum absolute atomic E-state index is 13.4. The Morgan fingerprint density at radius 1 is 1.17 bits per heavy atom. The molecule has 0 aliphatic carbocycles. The number of alkyl halides is 3. The van der Waals surface area contributed by atoms with E-state index in [9.17, 15) is 23.1 Å². The number of rotatable bonds is 10. The maximum Gasteiger partial charge on any atom is 0.406 e. The van der Waals surface area contributed by atoms with E-state index in [1.54, 1.807) is 73.7 Å². The number of allylic oxidation sites excluding steroid dienone is 3. The average molecular weight is 501 g/mol. The lowest BCUT2D eigenvalue weighted by Gasteiger charge is -2.30. The molecule has 0 amide bonds. The minimum Gasteiger partial charge on any atom is -0.493 e. The Morgan fingerprint density at radius 2 is 1.92 bits per heavy atom. The summed E-state index contributed by atoms with van der Waals surface area (Å²) >= 11 is 0. The molecule has 0 saturated heterocycles. The quantitative estimate of drug-likeness (QED) is 0.280. The molecule has 192 valence electrons. The van der Waals surface area contributed by atoms with Crippen LogP contribution in [0.5, 0.6) is 5.75 Å². The summed E-state index contributed by atoms with van der Waals surface area (Å²) in [6.45, 7) is 3.47. The Balaban J connectivity index is 1.89. The summed E-state index contributed by atoms with van der Waals surface area (Å²) in [7, 11) is 0. The Kier molecular flexibility index (Phi) is 9.22. The molecule has 0 radical (unpaired) electrons. The molecule has 1 unspecified atom stereocenters. The van der Waals surface area contributed by atoms with Crippen molar-refractivity contribution in [1.82, 2.24) is 5.32 Å². The highest BCUT2D eigenvalue weighted by molar-refractivity contribution is 5.91. The van der Waals surface area contributed by atoms with E-state index in [-0.39, 0.29) is 11.5 Å². The predicted octanol–water partition coefficient (Wildman–Crippen LogP) is 6.72. The van der Waals surface area contributed by atoms with Crippen molar-refractivity contribution in [3.63, 3.8) is 0 Å². The van der Waals surface area contributed by atoms with Crippen LogP contribution in [0.4, 0.5) is 24.5 Å². The highest BCUT2D eigenvalue weighted by atomic mass is 19.4. The molecule has 1 aliphatic heterocycles. The number of nitrogens with one attached hydrogen (secondary N) is 1. The van der Waals surface area contributed by atoms with Gasteiger partial charge in [-0.15, -0.1) is 0 Å². The third-order valence-electron chi connectivity index (χ3n) is 5.79. The number of hydrogen-bond acceptors (Lipinski definition) is 4. The van der Waals surface area contributed by atoms with Crippen LogP contribution >= 0.6 is 0 Å². The van der Waals surface area contributed by atoms with E-state index in [0.29, 0.717) is 42.4 Å². The second kappa shape index (κ2) is 12.3. The van der Waals surface area contributed by atoms with E-state index in [0.717, 1.165) is 12.0 Å². The van der Waals surface area contributed by atoms with Gasteiger partial charge in [-0.3, -0.25) is 0 Å². The maximum atomic E-state index is 13.4. The Labute approximate surface area is 209 Å². The first kappa shape index (κ1) is 26.9. The highest BCUT2D eigenvalue weighted by Gasteiger charge is 2.32. The molecule has 3 rings (SSSR count). The molecule has 1 aliphatic rings. The summed E-state index contributed by atoms with van der Waals surface area (Å²) in [5.41, 5.74) is 2.37. The number of fused-ring (bicyclic) bond motifs is 1. The number of anilines is 2. The summed E-state index contributed by atoms with van der Waals surface area (Å²) in [6.07, 6.45) is 3.94. The predicted molar refractivity (Wildman–Crippen MR) is 136 cm³/mol. The van der Waals surface area contributed by atoms with E-state index in [1.807, 2.05) is 13.0 Å². The van der Waals surface area contributed by atoms with Gasteiger partial charge in [0.05, 0.1) is 12.2 Å². The van der Waals surface area contributed by atoms with Crippen molar-refractivity contribution in [1.29, 1.82) is 0 Å². The Hall–Kier alpha value is -3.68. The lowest BCUT2D eigenvalue weighted by atomic mass is 9.92. The van der Waals surface area contributed by atoms with Crippen LogP contribution in [0.3, 0.4) is 0 Å². The molecule has 1 heterocycles. The minimum atomic E-state index is -4.39. The molecule has 5 nitrogen and oxygen atoms in total. The van der Waals surface area contributed by atoms with Crippen LogP contribution in [0, 0.1) is 0 Å². The Bertz CT molecular complexity index is 1120. The summed E-state index contributed by atoms with van der Waals surface area (Å²) in [6, 6.07) is 13.6. The topological polar surface area (TPSA) is 61.8 Å². The van der Waals surface area contributed by atoms with Gasteiger partial charge in [-0.2, -0.15) is 13.2 Å². The minimum absolute atomic E-state index is 0.00117. The van der Waals surface area contributed by atoms with Gasteiger partial charge in [-0.25, -0.2) is 4.79 Å². The van der Waals surface area contributed by atoms with Gasteiger partial charge in [-0.1, -0.05) is 43.3 Å². The lowest BCUT2D eigenvalue weighted by molar-refractivity contribution is -0.132. The molecular weight excluding hydrogens is 469 g/mol. The highest BCUT2D eigenvalue weighted by Crippen LogP contribution is 2.39. The zero-order chi connectivity index (χ0) is 26.1. The number of para-hydroxylation sites is 1. The van der Waals surface area contributed by atoms with Gasteiger partial charge in [-0.05, 0) is 55.7 Å². The van der Waals surface area contributed by atoms with Gasteiger partial charge >= 0.3 is 12.1 Å².